The Morgan fingerprint density at radius 1 is 1.28 bits per heavy atom. The minimum Gasteiger partial charge on any atom is -0.485 e. The lowest BCUT2D eigenvalue weighted by Gasteiger charge is -2.07. The maximum absolute atomic E-state index is 10.8. The van der Waals surface area contributed by atoms with Gasteiger partial charge >= 0.3 is 11.4 Å². The van der Waals surface area contributed by atoms with Gasteiger partial charge in [-0.3, -0.25) is 20.2 Å². The number of nitro groups is 2. The molecule has 0 radical (unpaired) electrons. The van der Waals surface area contributed by atoms with Crippen molar-refractivity contribution in [3.05, 3.63) is 32.4 Å². The van der Waals surface area contributed by atoms with Crippen molar-refractivity contribution in [2.45, 2.75) is 0 Å². The van der Waals surface area contributed by atoms with E-state index in [1.54, 1.807) is 0 Å². The quantitative estimate of drug-likeness (QED) is 0.572. The van der Waals surface area contributed by atoms with Crippen molar-refractivity contribution in [3.63, 3.8) is 0 Å². The van der Waals surface area contributed by atoms with Gasteiger partial charge in [-0.15, -0.1) is 0 Å². The second-order valence-electron chi connectivity index (χ2n) is 3.21. The highest BCUT2D eigenvalue weighted by molar-refractivity contribution is 5.68. The minimum absolute atomic E-state index is 0.126. The van der Waals surface area contributed by atoms with Crippen molar-refractivity contribution in [2.24, 2.45) is 0 Å². The van der Waals surface area contributed by atoms with E-state index < -0.39 is 27.0 Å². The molecule has 0 unspecified atom stereocenters. The molecule has 0 atom stereocenters. The van der Waals surface area contributed by atoms with E-state index in [0.717, 1.165) is 19.2 Å². The molecular formula is C9H11N3O6. The van der Waals surface area contributed by atoms with Gasteiger partial charge in [-0.2, -0.15) is 0 Å². The molecule has 0 fully saturated rings. The number of benzene rings is 1. The van der Waals surface area contributed by atoms with Crippen molar-refractivity contribution < 1.29 is 19.7 Å². The van der Waals surface area contributed by atoms with Crippen LogP contribution in [0.2, 0.25) is 0 Å². The molecular weight excluding hydrogens is 246 g/mol. The van der Waals surface area contributed by atoms with Crippen LogP contribution in [-0.4, -0.2) is 35.2 Å². The van der Waals surface area contributed by atoms with Gasteiger partial charge in [0.25, 0.3) is 5.75 Å². The summed E-state index contributed by atoms with van der Waals surface area (Å²) >= 11 is 0. The van der Waals surface area contributed by atoms with Crippen molar-refractivity contribution in [2.75, 3.05) is 25.6 Å². The SMILES string of the molecule is COc1c([N+](=O)[O-])cc(NCCO)cc1[N+](=O)[O-]. The Kier molecular flexibility index (Phi) is 4.38. The van der Waals surface area contributed by atoms with Gasteiger partial charge in [0, 0.05) is 24.4 Å². The molecule has 9 heteroatoms. The molecule has 0 aromatic heterocycles. The highest BCUT2D eigenvalue weighted by atomic mass is 16.6. The van der Waals surface area contributed by atoms with Crippen molar-refractivity contribution in [1.29, 1.82) is 0 Å². The average Bonchev–Trinajstić information content (AvgIpc) is 2.34. The largest absolute Gasteiger partial charge is 0.485 e. The van der Waals surface area contributed by atoms with Crippen LogP contribution in [0.1, 0.15) is 0 Å². The molecule has 0 aliphatic carbocycles. The summed E-state index contributed by atoms with van der Waals surface area (Å²) in [5.41, 5.74) is -0.845. The minimum atomic E-state index is -0.768. The molecule has 0 saturated heterocycles. The first-order chi connectivity index (χ1) is 8.51. The number of methoxy groups -OCH3 is 1. The van der Waals surface area contributed by atoms with E-state index in [2.05, 4.69) is 5.32 Å². The second-order valence-corrected chi connectivity index (χ2v) is 3.21. The summed E-state index contributed by atoms with van der Waals surface area (Å²) in [7, 11) is 1.12. The average molecular weight is 257 g/mol. The maximum atomic E-state index is 10.8. The molecule has 2 N–H and O–H groups in total. The van der Waals surface area contributed by atoms with Crippen LogP contribution in [0.3, 0.4) is 0 Å². The Morgan fingerprint density at radius 2 is 1.78 bits per heavy atom. The zero-order valence-corrected chi connectivity index (χ0v) is 9.45. The first-order valence-electron chi connectivity index (χ1n) is 4.86. The zero-order chi connectivity index (χ0) is 13.7. The van der Waals surface area contributed by atoms with Gasteiger partial charge in [-0.1, -0.05) is 0 Å². The first-order valence-corrected chi connectivity index (χ1v) is 4.86. The highest BCUT2D eigenvalue weighted by Crippen LogP contribution is 2.39. The molecule has 1 rings (SSSR count). The topological polar surface area (TPSA) is 128 Å². The highest BCUT2D eigenvalue weighted by Gasteiger charge is 2.27. The van der Waals surface area contributed by atoms with E-state index in [9.17, 15) is 20.2 Å². The van der Waals surface area contributed by atoms with Crippen molar-refractivity contribution in [1.82, 2.24) is 0 Å². The summed E-state index contributed by atoms with van der Waals surface area (Å²) < 4.78 is 4.70. The Morgan fingerprint density at radius 3 is 2.11 bits per heavy atom. The van der Waals surface area contributed by atoms with Gasteiger partial charge in [0.1, 0.15) is 0 Å². The molecule has 1 aromatic rings. The van der Waals surface area contributed by atoms with E-state index in [-0.39, 0.29) is 18.8 Å². The van der Waals surface area contributed by atoms with Crippen LogP contribution in [0, 0.1) is 20.2 Å². The third kappa shape index (κ3) is 2.83. The number of nitrogens with zero attached hydrogens (tertiary/aromatic N) is 2. The van der Waals surface area contributed by atoms with Gasteiger partial charge in [-0.25, -0.2) is 0 Å². The fraction of sp³-hybridized carbons (Fsp3) is 0.333. The summed E-state index contributed by atoms with van der Waals surface area (Å²) in [6, 6.07) is 2.23. The molecule has 0 heterocycles. The normalized spacial score (nSPS) is 9.89. The molecule has 0 spiro atoms. The van der Waals surface area contributed by atoms with E-state index >= 15 is 0 Å². The number of rotatable bonds is 6. The summed E-state index contributed by atoms with van der Waals surface area (Å²) in [5.74, 6) is -0.403. The fourth-order valence-electron chi connectivity index (χ4n) is 1.38. The molecule has 0 amide bonds. The molecule has 0 bridgehead atoms. The Hall–Kier alpha value is -2.42. The van der Waals surface area contributed by atoms with E-state index in [0.29, 0.717) is 0 Å². The summed E-state index contributed by atoms with van der Waals surface area (Å²) in [5, 5.41) is 32.9. The van der Waals surface area contributed by atoms with Crippen LogP contribution < -0.4 is 10.1 Å². The van der Waals surface area contributed by atoms with E-state index in [4.69, 9.17) is 9.84 Å². The molecule has 0 saturated carbocycles. The molecule has 1 aromatic carbocycles. The predicted molar refractivity (Wildman–Crippen MR) is 61.9 cm³/mol. The van der Waals surface area contributed by atoms with Gasteiger partial charge in [0.2, 0.25) is 0 Å². The molecule has 98 valence electrons. The van der Waals surface area contributed by atoms with Crippen LogP contribution in [0.4, 0.5) is 17.1 Å². The third-order valence-electron chi connectivity index (χ3n) is 2.09. The van der Waals surface area contributed by atoms with Crippen molar-refractivity contribution >= 4 is 17.1 Å². The molecule has 18 heavy (non-hydrogen) atoms. The Balaban J connectivity index is 3.34. The number of nitrogens with one attached hydrogen (secondary N) is 1. The van der Waals surface area contributed by atoms with Crippen LogP contribution in [0.5, 0.6) is 5.75 Å². The standard InChI is InChI=1S/C9H11N3O6/c1-18-9-7(11(14)15)4-6(10-2-3-13)5-8(9)12(16)17/h4-5,10,13H,2-3H2,1H3. The van der Waals surface area contributed by atoms with Crippen molar-refractivity contribution in [3.8, 4) is 5.75 Å². The van der Waals surface area contributed by atoms with Gasteiger partial charge in [0.15, 0.2) is 0 Å². The van der Waals surface area contributed by atoms with Gasteiger partial charge < -0.3 is 15.2 Å². The summed E-state index contributed by atoms with van der Waals surface area (Å²) in [6.07, 6.45) is 0. The summed E-state index contributed by atoms with van der Waals surface area (Å²) in [4.78, 5) is 20.1. The van der Waals surface area contributed by atoms with Gasteiger partial charge in [-0.05, 0) is 0 Å². The Labute approximate surface area is 101 Å². The number of hydrogen-bond acceptors (Lipinski definition) is 7. The zero-order valence-electron chi connectivity index (χ0n) is 9.45. The van der Waals surface area contributed by atoms with E-state index in [1.807, 2.05) is 0 Å². The lowest BCUT2D eigenvalue weighted by Crippen LogP contribution is -2.07. The first kappa shape index (κ1) is 13.6. The second kappa shape index (κ2) is 5.77. The number of ether oxygens (including phenoxy) is 1. The lowest BCUT2D eigenvalue weighted by molar-refractivity contribution is -0.395. The van der Waals surface area contributed by atoms with Crippen LogP contribution in [0.15, 0.2) is 12.1 Å². The van der Waals surface area contributed by atoms with Gasteiger partial charge in [0.05, 0.1) is 23.6 Å². The lowest BCUT2D eigenvalue weighted by atomic mass is 10.2. The summed E-state index contributed by atoms with van der Waals surface area (Å²) in [6.45, 7) is -0.0751. The number of anilines is 1. The number of aliphatic hydroxyl groups excluding tert-OH is 1. The van der Waals surface area contributed by atoms with E-state index in [1.165, 1.54) is 0 Å². The number of hydrogen-bond donors (Lipinski definition) is 2. The van der Waals surface area contributed by atoms with Crippen LogP contribution in [-0.2, 0) is 0 Å². The van der Waals surface area contributed by atoms with Crippen LogP contribution >= 0.6 is 0 Å². The predicted octanol–water partition coefficient (Wildman–Crippen LogP) is 0.916. The monoisotopic (exact) mass is 257 g/mol. The smallest absolute Gasteiger partial charge is 0.320 e. The fourth-order valence-corrected chi connectivity index (χ4v) is 1.38. The molecule has 9 nitrogen and oxygen atoms in total. The number of aliphatic hydroxyl groups is 1. The molecule has 0 aliphatic heterocycles. The number of nitro benzene ring substituents is 2. The Bertz CT molecular complexity index is 440. The maximum Gasteiger partial charge on any atom is 0.320 e. The molecule has 0 aliphatic rings. The van der Waals surface area contributed by atoms with Crippen LogP contribution in [0.25, 0.3) is 0 Å². The third-order valence-corrected chi connectivity index (χ3v) is 2.09.